The summed E-state index contributed by atoms with van der Waals surface area (Å²) in [6, 6.07) is 57.9. The third-order valence-corrected chi connectivity index (χ3v) is 10.7. The fourth-order valence-corrected chi connectivity index (χ4v) is 7.48. The first-order valence-electron chi connectivity index (χ1n) is 20.0. The first-order chi connectivity index (χ1) is 30.0. The zero-order chi connectivity index (χ0) is 43.1. The zero-order valence-corrected chi connectivity index (χ0v) is 33.2. The van der Waals surface area contributed by atoms with E-state index in [0.29, 0.717) is 11.1 Å². The van der Waals surface area contributed by atoms with Gasteiger partial charge in [-0.25, -0.2) is 0 Å². The summed E-state index contributed by atoms with van der Waals surface area (Å²) in [6.45, 7) is 0. The van der Waals surface area contributed by atoms with Gasteiger partial charge in [-0.3, -0.25) is 0 Å². The van der Waals surface area contributed by atoms with E-state index in [4.69, 9.17) is 0 Å². The summed E-state index contributed by atoms with van der Waals surface area (Å²) in [6.07, 6.45) is 3.43. The van der Waals surface area contributed by atoms with Crippen LogP contribution in [-0.2, 0) is 12.4 Å². The normalized spacial score (nSPS) is 12.7. The second-order valence-electron chi connectivity index (χ2n) is 14.7. The lowest BCUT2D eigenvalue weighted by molar-refractivity contribution is -0.138. The topological polar surface area (TPSA) is 0 Å². The molecule has 8 rings (SSSR count). The molecule has 0 bridgehead atoms. The molecule has 0 atom stereocenters. The van der Waals surface area contributed by atoms with E-state index in [1.165, 1.54) is 24.3 Å². The predicted octanol–water partition coefficient (Wildman–Crippen LogP) is 16.4. The van der Waals surface area contributed by atoms with Gasteiger partial charge < -0.3 is 0 Å². The first-order valence-corrected chi connectivity index (χ1v) is 20.0. The van der Waals surface area contributed by atoms with Crippen LogP contribution in [0.1, 0.15) is 66.8 Å². The molecule has 0 nitrogen and oxygen atoms in total. The number of rotatable bonds is 10. The van der Waals surface area contributed by atoms with Gasteiger partial charge in [-0.15, -0.1) is 0 Å². The summed E-state index contributed by atoms with van der Waals surface area (Å²) in [4.78, 5) is 0. The van der Waals surface area contributed by atoms with E-state index in [-0.39, 0.29) is 0 Å². The molecule has 0 unspecified atom stereocenters. The smallest absolute Gasteiger partial charge is 0.166 e. The van der Waals surface area contributed by atoms with Gasteiger partial charge in [-0.1, -0.05) is 194 Å². The van der Waals surface area contributed by atoms with Gasteiger partial charge in [0.15, 0.2) is 0 Å². The Hall–Kier alpha value is -7.44. The summed E-state index contributed by atoms with van der Waals surface area (Å²) in [5.74, 6) is 0. The van der Waals surface area contributed by atoms with E-state index in [2.05, 4.69) is 48.6 Å². The van der Waals surface area contributed by atoms with E-state index >= 15 is 0 Å². The Morgan fingerprint density at radius 2 is 0.677 bits per heavy atom. The van der Waals surface area contributed by atoms with Crippen LogP contribution < -0.4 is 0 Å². The van der Waals surface area contributed by atoms with Crippen LogP contribution in [-0.4, -0.2) is 0 Å². The number of fused-ring (bicyclic) bond motifs is 1. The van der Waals surface area contributed by atoms with Gasteiger partial charge in [0.1, 0.15) is 0 Å². The molecule has 0 saturated heterocycles. The minimum Gasteiger partial charge on any atom is -0.166 e. The highest BCUT2D eigenvalue weighted by atomic mass is 19.4. The highest BCUT2D eigenvalue weighted by molar-refractivity contribution is 5.99. The molecular formula is C56H38F6. The minimum atomic E-state index is -4.44. The van der Waals surface area contributed by atoms with Gasteiger partial charge in [0, 0.05) is 0 Å². The molecule has 0 saturated carbocycles. The molecule has 0 aliphatic carbocycles. The van der Waals surface area contributed by atoms with Crippen LogP contribution >= 0.6 is 0 Å². The molecule has 0 spiro atoms. The van der Waals surface area contributed by atoms with Crippen LogP contribution in [0.4, 0.5) is 26.3 Å². The summed E-state index contributed by atoms with van der Waals surface area (Å²) in [5.41, 5.74) is 8.82. The molecule has 0 N–H and O–H groups in total. The van der Waals surface area contributed by atoms with Crippen LogP contribution in [0.2, 0.25) is 0 Å². The molecule has 0 heterocycles. The minimum absolute atomic E-state index is 0.662. The molecule has 0 radical (unpaired) electrons. The lowest BCUT2D eigenvalue weighted by Crippen LogP contribution is -2.04. The fourth-order valence-electron chi connectivity index (χ4n) is 7.48. The summed E-state index contributed by atoms with van der Waals surface area (Å²) < 4.78 is 80.9. The molecule has 8 aromatic carbocycles. The third kappa shape index (κ3) is 9.61. The van der Waals surface area contributed by atoms with Crippen LogP contribution in [0.3, 0.4) is 0 Å². The maximum absolute atomic E-state index is 13.5. The molecule has 0 aliphatic heterocycles. The van der Waals surface area contributed by atoms with Crippen molar-refractivity contribution in [1.29, 1.82) is 0 Å². The molecule has 0 aliphatic rings. The van der Waals surface area contributed by atoms with Crippen molar-refractivity contribution >= 4 is 58.4 Å². The van der Waals surface area contributed by atoms with Gasteiger partial charge in [0.2, 0.25) is 0 Å². The second kappa shape index (κ2) is 18.0. The monoisotopic (exact) mass is 824 g/mol. The third-order valence-electron chi connectivity index (χ3n) is 10.7. The summed E-state index contributed by atoms with van der Waals surface area (Å²) in [7, 11) is 0. The number of hydrogen-bond acceptors (Lipinski definition) is 0. The molecule has 304 valence electrons. The first kappa shape index (κ1) is 41.3. The highest BCUT2D eigenvalue weighted by Crippen LogP contribution is 2.35. The van der Waals surface area contributed by atoms with E-state index < -0.39 is 23.5 Å². The highest BCUT2D eigenvalue weighted by Gasteiger charge is 2.31. The van der Waals surface area contributed by atoms with Gasteiger partial charge in [-0.05, 0) is 114 Å². The van der Waals surface area contributed by atoms with E-state index in [9.17, 15) is 26.3 Å². The van der Waals surface area contributed by atoms with Crippen molar-refractivity contribution in [3.05, 3.63) is 261 Å². The SMILES string of the molecule is FC(F)(F)c1ccc(C(=Cc2ccccc2C=Cc2ccc3ccccc3c2C=Cc2ccccc2C=C(c2ccccc2)c2ccc(C(F)(F)F)cc2)c2ccccc2)cc1. The average Bonchev–Trinajstić information content (AvgIpc) is 3.29. The Morgan fingerprint density at radius 3 is 1.15 bits per heavy atom. The van der Waals surface area contributed by atoms with Gasteiger partial charge in [0.05, 0.1) is 11.1 Å². The van der Waals surface area contributed by atoms with Crippen LogP contribution in [0.25, 0.3) is 58.4 Å². The van der Waals surface area contributed by atoms with Crippen molar-refractivity contribution in [3.8, 4) is 0 Å². The quantitative estimate of drug-likeness (QED) is 0.0952. The van der Waals surface area contributed by atoms with Gasteiger partial charge in [-0.2, -0.15) is 26.3 Å². The Morgan fingerprint density at radius 1 is 0.306 bits per heavy atom. The van der Waals surface area contributed by atoms with Crippen LogP contribution in [0.15, 0.2) is 194 Å². The average molecular weight is 825 g/mol. The fraction of sp³-hybridized carbons (Fsp3) is 0.0357. The van der Waals surface area contributed by atoms with Gasteiger partial charge >= 0.3 is 12.4 Å². The molecule has 0 amide bonds. The molecule has 0 aromatic heterocycles. The summed E-state index contributed by atoms with van der Waals surface area (Å²) >= 11 is 0. The maximum Gasteiger partial charge on any atom is 0.416 e. The lowest BCUT2D eigenvalue weighted by Gasteiger charge is -2.13. The number of halogens is 6. The predicted molar refractivity (Wildman–Crippen MR) is 244 cm³/mol. The van der Waals surface area contributed by atoms with E-state index in [1.54, 1.807) is 0 Å². The number of benzene rings is 8. The standard InChI is InChI=1S/C56H38F6/c57-55(58,59)49-32-27-45(28-33-49)53(41-15-3-1-4-16-41)37-47-20-9-7-13-39(47)23-24-44-26-25-43-19-11-12-22-51(43)52(44)36-31-40-14-8-10-21-48(40)38-54(42-17-5-2-6-18-42)46-29-34-50(35-30-46)56(60,61)62/h1-38H. The van der Waals surface area contributed by atoms with Crippen molar-refractivity contribution in [1.82, 2.24) is 0 Å². The van der Waals surface area contributed by atoms with Crippen molar-refractivity contribution in [3.63, 3.8) is 0 Å². The maximum atomic E-state index is 13.5. The molecular weight excluding hydrogens is 787 g/mol. The van der Waals surface area contributed by atoms with Crippen molar-refractivity contribution in [2.24, 2.45) is 0 Å². The second-order valence-corrected chi connectivity index (χ2v) is 14.7. The molecule has 8 aromatic rings. The largest absolute Gasteiger partial charge is 0.416 e. The van der Waals surface area contributed by atoms with E-state index in [0.717, 1.165) is 90.7 Å². The van der Waals surface area contributed by atoms with Crippen molar-refractivity contribution in [2.45, 2.75) is 12.4 Å². The van der Waals surface area contributed by atoms with E-state index in [1.807, 2.05) is 133 Å². The summed E-state index contributed by atoms with van der Waals surface area (Å²) in [5, 5.41) is 2.12. The molecule has 62 heavy (non-hydrogen) atoms. The van der Waals surface area contributed by atoms with Crippen molar-refractivity contribution in [2.75, 3.05) is 0 Å². The lowest BCUT2D eigenvalue weighted by atomic mass is 9.92. The Bertz CT molecular complexity index is 2930. The Kier molecular flexibility index (Phi) is 12.0. The number of alkyl halides is 6. The molecule has 0 fully saturated rings. The number of hydrogen-bond donors (Lipinski definition) is 0. The van der Waals surface area contributed by atoms with Crippen LogP contribution in [0.5, 0.6) is 0 Å². The molecule has 6 heteroatoms. The van der Waals surface area contributed by atoms with Crippen LogP contribution in [0, 0.1) is 0 Å². The Balaban J connectivity index is 1.18. The van der Waals surface area contributed by atoms with Gasteiger partial charge in [0.25, 0.3) is 0 Å². The Labute approximate surface area is 356 Å². The van der Waals surface area contributed by atoms with Crippen molar-refractivity contribution < 1.29 is 26.3 Å². The zero-order valence-electron chi connectivity index (χ0n) is 33.2.